The Morgan fingerprint density at radius 1 is 1.42 bits per heavy atom. The van der Waals surface area contributed by atoms with E-state index in [4.69, 9.17) is 16.7 Å². The van der Waals surface area contributed by atoms with Crippen molar-refractivity contribution in [1.82, 2.24) is 4.72 Å². The lowest BCUT2D eigenvalue weighted by Crippen LogP contribution is -2.58. The van der Waals surface area contributed by atoms with Crippen molar-refractivity contribution < 1.29 is 18.3 Å². The summed E-state index contributed by atoms with van der Waals surface area (Å²) in [5.41, 5.74) is -0.954. The van der Waals surface area contributed by atoms with Crippen LogP contribution in [0.2, 0.25) is 5.02 Å². The number of carboxylic acids is 1. The van der Waals surface area contributed by atoms with Crippen molar-refractivity contribution in [3.63, 3.8) is 0 Å². The highest BCUT2D eigenvalue weighted by atomic mass is 35.5. The minimum atomic E-state index is -3.89. The first-order valence-corrected chi connectivity index (χ1v) is 7.67. The lowest BCUT2D eigenvalue weighted by molar-refractivity contribution is -0.147. The average Bonchev–Trinajstić information content (AvgIpc) is 2.26. The predicted molar refractivity (Wildman–Crippen MR) is 70.7 cm³/mol. The van der Waals surface area contributed by atoms with E-state index in [1.54, 1.807) is 13.0 Å². The summed E-state index contributed by atoms with van der Waals surface area (Å²) in [4.78, 5) is 11.2. The van der Waals surface area contributed by atoms with Gasteiger partial charge in [0.25, 0.3) is 0 Å². The van der Waals surface area contributed by atoms with Gasteiger partial charge in [-0.1, -0.05) is 17.7 Å². The van der Waals surface area contributed by atoms with Gasteiger partial charge < -0.3 is 5.11 Å². The molecule has 0 spiro atoms. The minimum absolute atomic E-state index is 0.0209. The van der Waals surface area contributed by atoms with E-state index in [1.165, 1.54) is 12.1 Å². The van der Waals surface area contributed by atoms with E-state index in [0.29, 0.717) is 29.8 Å². The molecule has 1 aliphatic carbocycles. The Bertz CT molecular complexity index is 623. The van der Waals surface area contributed by atoms with Crippen LogP contribution in [-0.2, 0) is 14.8 Å². The lowest BCUT2D eigenvalue weighted by Gasteiger charge is -2.37. The van der Waals surface area contributed by atoms with E-state index < -0.39 is 21.5 Å². The molecule has 0 radical (unpaired) electrons. The molecule has 7 heteroatoms. The summed E-state index contributed by atoms with van der Waals surface area (Å²) < 4.78 is 26.9. The van der Waals surface area contributed by atoms with Crippen molar-refractivity contribution >= 4 is 27.6 Å². The standard InChI is InChI=1S/C12H14ClNO4S/c1-8-9(13)4-2-5-10(8)19(17,18)14-12(11(15)16)6-3-7-12/h2,4-5,14H,3,6-7H2,1H3,(H,15,16). The molecule has 19 heavy (non-hydrogen) atoms. The SMILES string of the molecule is Cc1c(Cl)cccc1S(=O)(=O)NC1(C(=O)O)CCC1. The highest BCUT2D eigenvalue weighted by molar-refractivity contribution is 7.89. The van der Waals surface area contributed by atoms with Crippen LogP contribution in [0, 0.1) is 6.92 Å². The van der Waals surface area contributed by atoms with Gasteiger partial charge in [-0.05, 0) is 43.9 Å². The Labute approximate surface area is 116 Å². The summed E-state index contributed by atoms with van der Waals surface area (Å²) in [5.74, 6) is -1.14. The topological polar surface area (TPSA) is 83.5 Å². The molecule has 5 nitrogen and oxygen atoms in total. The Balaban J connectivity index is 2.38. The zero-order valence-corrected chi connectivity index (χ0v) is 11.9. The largest absolute Gasteiger partial charge is 0.480 e. The fourth-order valence-corrected chi connectivity index (χ4v) is 4.00. The highest BCUT2D eigenvalue weighted by Crippen LogP contribution is 2.34. The summed E-state index contributed by atoms with van der Waals surface area (Å²) in [6.45, 7) is 1.59. The Morgan fingerprint density at radius 2 is 2.05 bits per heavy atom. The molecule has 0 saturated heterocycles. The second-order valence-corrected chi connectivity index (χ2v) is 6.77. The lowest BCUT2D eigenvalue weighted by atomic mass is 9.78. The van der Waals surface area contributed by atoms with Crippen LogP contribution in [0.1, 0.15) is 24.8 Å². The van der Waals surface area contributed by atoms with Crippen molar-refractivity contribution in [2.45, 2.75) is 36.6 Å². The molecule has 0 unspecified atom stereocenters. The molecule has 0 aliphatic heterocycles. The van der Waals surface area contributed by atoms with Gasteiger partial charge in [0.05, 0.1) is 4.90 Å². The maximum Gasteiger partial charge on any atom is 0.324 e. The Kier molecular flexibility index (Phi) is 3.59. The van der Waals surface area contributed by atoms with Gasteiger partial charge in [-0.25, -0.2) is 8.42 Å². The quantitative estimate of drug-likeness (QED) is 0.890. The summed E-state index contributed by atoms with van der Waals surface area (Å²) in [5, 5.41) is 9.50. The molecule has 2 rings (SSSR count). The van der Waals surface area contributed by atoms with Crippen molar-refractivity contribution in [3.05, 3.63) is 28.8 Å². The summed E-state index contributed by atoms with van der Waals surface area (Å²) in [6.07, 6.45) is 1.31. The molecule has 1 saturated carbocycles. The first kappa shape index (κ1) is 14.3. The fraction of sp³-hybridized carbons (Fsp3) is 0.417. The van der Waals surface area contributed by atoms with Crippen LogP contribution < -0.4 is 4.72 Å². The van der Waals surface area contributed by atoms with Gasteiger partial charge in [-0.2, -0.15) is 4.72 Å². The third-order valence-electron chi connectivity index (χ3n) is 3.45. The minimum Gasteiger partial charge on any atom is -0.480 e. The van der Waals surface area contributed by atoms with E-state index in [0.717, 1.165) is 0 Å². The van der Waals surface area contributed by atoms with Crippen LogP contribution in [-0.4, -0.2) is 25.0 Å². The predicted octanol–water partition coefficient (Wildman–Crippen LogP) is 1.93. The maximum absolute atomic E-state index is 12.3. The molecule has 104 valence electrons. The molecule has 2 N–H and O–H groups in total. The third kappa shape index (κ3) is 2.48. The molecular weight excluding hydrogens is 290 g/mol. The van der Waals surface area contributed by atoms with E-state index >= 15 is 0 Å². The van der Waals surface area contributed by atoms with Crippen molar-refractivity contribution in [2.75, 3.05) is 0 Å². The zero-order chi connectivity index (χ0) is 14.3. The number of halogens is 1. The molecule has 0 aromatic heterocycles. The third-order valence-corrected chi connectivity index (χ3v) is 5.54. The summed E-state index contributed by atoms with van der Waals surface area (Å²) >= 11 is 5.89. The smallest absolute Gasteiger partial charge is 0.324 e. The second kappa shape index (κ2) is 4.77. The molecule has 0 bridgehead atoms. The number of nitrogens with one attached hydrogen (secondary N) is 1. The number of carboxylic acid groups (broad SMARTS) is 1. The fourth-order valence-electron chi connectivity index (χ4n) is 2.08. The van der Waals surface area contributed by atoms with Gasteiger partial charge in [-0.3, -0.25) is 4.79 Å². The van der Waals surface area contributed by atoms with Crippen LogP contribution in [0.3, 0.4) is 0 Å². The average molecular weight is 304 g/mol. The Hall–Kier alpha value is -1.11. The van der Waals surface area contributed by atoms with Crippen LogP contribution in [0.25, 0.3) is 0 Å². The van der Waals surface area contributed by atoms with Crippen molar-refractivity contribution in [3.8, 4) is 0 Å². The van der Waals surface area contributed by atoms with Crippen molar-refractivity contribution in [2.24, 2.45) is 0 Å². The summed E-state index contributed by atoms with van der Waals surface area (Å²) in [6, 6.07) is 4.53. The van der Waals surface area contributed by atoms with Crippen LogP contribution >= 0.6 is 11.6 Å². The van der Waals surface area contributed by atoms with Crippen LogP contribution in [0.5, 0.6) is 0 Å². The maximum atomic E-state index is 12.3. The molecule has 0 atom stereocenters. The van der Waals surface area contributed by atoms with Gasteiger partial charge in [0.2, 0.25) is 10.0 Å². The van der Waals surface area contributed by atoms with Crippen LogP contribution in [0.4, 0.5) is 0 Å². The number of sulfonamides is 1. The van der Waals surface area contributed by atoms with E-state index in [9.17, 15) is 13.2 Å². The molecule has 0 amide bonds. The van der Waals surface area contributed by atoms with Gasteiger partial charge in [-0.15, -0.1) is 0 Å². The molecular formula is C12H14ClNO4S. The Morgan fingerprint density at radius 3 is 2.53 bits per heavy atom. The summed E-state index contributed by atoms with van der Waals surface area (Å²) in [7, 11) is -3.89. The molecule has 1 aromatic rings. The second-order valence-electron chi connectivity index (χ2n) is 4.71. The number of hydrogen-bond acceptors (Lipinski definition) is 3. The number of carbonyl (C=O) groups is 1. The number of rotatable bonds is 4. The first-order chi connectivity index (χ1) is 8.78. The van der Waals surface area contributed by atoms with Crippen LogP contribution in [0.15, 0.2) is 23.1 Å². The highest BCUT2D eigenvalue weighted by Gasteiger charge is 2.47. The number of benzene rings is 1. The first-order valence-electron chi connectivity index (χ1n) is 5.81. The van der Waals surface area contributed by atoms with Gasteiger partial charge in [0.1, 0.15) is 5.54 Å². The number of aliphatic carboxylic acids is 1. The van der Waals surface area contributed by atoms with E-state index in [-0.39, 0.29) is 4.90 Å². The van der Waals surface area contributed by atoms with Crippen molar-refractivity contribution in [1.29, 1.82) is 0 Å². The van der Waals surface area contributed by atoms with E-state index in [2.05, 4.69) is 4.72 Å². The molecule has 1 fully saturated rings. The monoisotopic (exact) mass is 303 g/mol. The zero-order valence-electron chi connectivity index (χ0n) is 10.3. The molecule has 1 aliphatic rings. The molecule has 0 heterocycles. The number of hydrogen-bond donors (Lipinski definition) is 2. The van der Waals surface area contributed by atoms with Gasteiger partial charge in [0.15, 0.2) is 0 Å². The van der Waals surface area contributed by atoms with Gasteiger partial charge in [0, 0.05) is 5.02 Å². The normalized spacial score (nSPS) is 17.8. The van der Waals surface area contributed by atoms with Gasteiger partial charge >= 0.3 is 5.97 Å². The molecule has 1 aromatic carbocycles. The van der Waals surface area contributed by atoms with E-state index in [1.807, 2.05) is 0 Å².